The van der Waals surface area contributed by atoms with E-state index in [0.717, 1.165) is 38.7 Å². The number of hydrogen-bond donors (Lipinski definition) is 1. The first-order chi connectivity index (χ1) is 16.2. The molecule has 0 atom stereocenters. The van der Waals surface area contributed by atoms with Crippen LogP contribution in [0.25, 0.3) is 44.3 Å². The van der Waals surface area contributed by atoms with Gasteiger partial charge >= 0.3 is 0 Å². The third kappa shape index (κ3) is 3.38. The van der Waals surface area contributed by atoms with Crippen LogP contribution in [0.1, 0.15) is 0 Å². The molecule has 0 aliphatic heterocycles. The van der Waals surface area contributed by atoms with Crippen molar-refractivity contribution in [2.75, 3.05) is 28.4 Å². The van der Waals surface area contributed by atoms with Crippen LogP contribution in [0.5, 0.6) is 23.0 Å². The van der Waals surface area contributed by atoms with Crippen molar-refractivity contribution in [3.8, 4) is 45.5 Å². The molecule has 0 aliphatic carbocycles. The lowest BCUT2D eigenvalue weighted by molar-refractivity contribution is 0.355. The van der Waals surface area contributed by atoms with Crippen molar-refractivity contribution < 1.29 is 18.9 Å². The molecule has 2 aromatic heterocycles. The van der Waals surface area contributed by atoms with E-state index in [-0.39, 0.29) is 0 Å². The Balaban J connectivity index is 1.87. The van der Waals surface area contributed by atoms with E-state index in [2.05, 4.69) is 10.2 Å². The van der Waals surface area contributed by atoms with Crippen LogP contribution in [0.2, 0.25) is 0 Å². The van der Waals surface area contributed by atoms with Gasteiger partial charge in [0.2, 0.25) is 0 Å². The zero-order valence-electron chi connectivity index (χ0n) is 18.8. The number of methoxy groups -OCH3 is 4. The maximum atomic E-state index is 5.62. The lowest BCUT2D eigenvalue weighted by Gasteiger charge is -2.14. The normalized spacial score (nSPS) is 11.0. The number of pyridine rings is 1. The molecule has 1 N–H and O–H groups in total. The maximum absolute atomic E-state index is 5.62. The van der Waals surface area contributed by atoms with Gasteiger partial charge in [-0.3, -0.25) is 5.10 Å². The molecule has 2 heterocycles. The van der Waals surface area contributed by atoms with Crippen molar-refractivity contribution in [1.82, 2.24) is 15.2 Å². The van der Waals surface area contributed by atoms with Crippen molar-refractivity contribution in [3.05, 3.63) is 60.7 Å². The summed E-state index contributed by atoms with van der Waals surface area (Å²) in [4.78, 5) is 4.95. The highest BCUT2D eigenvalue weighted by Gasteiger charge is 2.20. The predicted molar refractivity (Wildman–Crippen MR) is 128 cm³/mol. The van der Waals surface area contributed by atoms with Crippen LogP contribution < -0.4 is 18.9 Å². The van der Waals surface area contributed by atoms with Gasteiger partial charge in [0.05, 0.1) is 45.2 Å². The molecule has 0 bridgehead atoms. The number of nitrogens with zero attached hydrogens (tertiary/aromatic N) is 2. The minimum atomic E-state index is 0.610. The second-order valence-corrected chi connectivity index (χ2v) is 7.45. The summed E-state index contributed by atoms with van der Waals surface area (Å²) in [5, 5.41) is 10.5. The molecular formula is C26H23N3O4. The number of aromatic nitrogens is 3. The number of nitrogens with one attached hydrogen (secondary N) is 1. The Labute approximate surface area is 190 Å². The maximum Gasteiger partial charge on any atom is 0.182 e. The van der Waals surface area contributed by atoms with Crippen molar-refractivity contribution in [2.45, 2.75) is 0 Å². The number of hydrogen-bond acceptors (Lipinski definition) is 6. The van der Waals surface area contributed by atoms with Crippen LogP contribution in [0, 0.1) is 0 Å². The van der Waals surface area contributed by atoms with Crippen LogP contribution in [-0.2, 0) is 0 Å². The highest BCUT2D eigenvalue weighted by molar-refractivity contribution is 6.15. The van der Waals surface area contributed by atoms with E-state index in [1.54, 1.807) is 28.4 Å². The summed E-state index contributed by atoms with van der Waals surface area (Å²) < 4.78 is 22.1. The van der Waals surface area contributed by atoms with Crippen LogP contribution in [0.4, 0.5) is 0 Å². The Morgan fingerprint density at radius 2 is 1.27 bits per heavy atom. The molecule has 7 heteroatoms. The van der Waals surface area contributed by atoms with Gasteiger partial charge in [0.15, 0.2) is 28.6 Å². The third-order valence-electron chi connectivity index (χ3n) is 5.73. The molecule has 166 valence electrons. The van der Waals surface area contributed by atoms with Crippen molar-refractivity contribution in [1.29, 1.82) is 0 Å². The van der Waals surface area contributed by atoms with E-state index in [1.165, 1.54) is 0 Å². The summed E-state index contributed by atoms with van der Waals surface area (Å²) in [6.45, 7) is 0. The number of H-pyrrole nitrogens is 1. The van der Waals surface area contributed by atoms with Crippen molar-refractivity contribution in [3.63, 3.8) is 0 Å². The second kappa shape index (κ2) is 8.35. The van der Waals surface area contributed by atoms with Gasteiger partial charge in [-0.15, -0.1) is 0 Å². The van der Waals surface area contributed by atoms with Gasteiger partial charge < -0.3 is 18.9 Å². The van der Waals surface area contributed by atoms with E-state index in [9.17, 15) is 0 Å². The van der Waals surface area contributed by atoms with Gasteiger partial charge in [-0.1, -0.05) is 30.3 Å². The minimum absolute atomic E-state index is 0.610. The summed E-state index contributed by atoms with van der Waals surface area (Å²) in [6.07, 6.45) is 0. The first-order valence-corrected chi connectivity index (χ1v) is 10.4. The lowest BCUT2D eigenvalue weighted by atomic mass is 9.98. The number of rotatable bonds is 6. The molecular weight excluding hydrogens is 418 g/mol. The predicted octanol–water partition coefficient (Wildman–Crippen LogP) is 5.48. The van der Waals surface area contributed by atoms with Gasteiger partial charge in [-0.2, -0.15) is 5.10 Å². The summed E-state index contributed by atoms with van der Waals surface area (Å²) in [5.74, 6) is 2.53. The summed E-state index contributed by atoms with van der Waals surface area (Å²) in [5.41, 5.74) is 4.16. The van der Waals surface area contributed by atoms with Gasteiger partial charge in [0.1, 0.15) is 0 Å². The molecule has 0 spiro atoms. The largest absolute Gasteiger partial charge is 0.493 e. The van der Waals surface area contributed by atoms with E-state index in [4.69, 9.17) is 23.9 Å². The standard InChI is InChI=1S/C26H23N3O4/c1-30-19-11-10-16(12-20(19)31-2)24-18-14-22(33-4)21(32-3)13-17(18)23-25(28-29-26(23)27-24)15-8-6-5-7-9-15/h5-14H,1-4H3,(H,27,28,29). The molecule has 7 nitrogen and oxygen atoms in total. The fourth-order valence-corrected chi connectivity index (χ4v) is 4.13. The molecule has 0 fully saturated rings. The quantitative estimate of drug-likeness (QED) is 0.376. The molecule has 5 rings (SSSR count). The van der Waals surface area contributed by atoms with E-state index >= 15 is 0 Å². The molecule has 0 unspecified atom stereocenters. The first kappa shape index (κ1) is 20.6. The fourth-order valence-electron chi connectivity index (χ4n) is 4.13. The third-order valence-corrected chi connectivity index (χ3v) is 5.73. The van der Waals surface area contributed by atoms with Gasteiger partial charge in [0, 0.05) is 21.9 Å². The highest BCUT2D eigenvalue weighted by atomic mass is 16.5. The van der Waals surface area contributed by atoms with Crippen LogP contribution in [0.3, 0.4) is 0 Å². The number of ether oxygens (including phenoxy) is 4. The molecule has 0 aliphatic rings. The Morgan fingerprint density at radius 3 is 1.94 bits per heavy atom. The van der Waals surface area contributed by atoms with Crippen LogP contribution >= 0.6 is 0 Å². The summed E-state index contributed by atoms with van der Waals surface area (Å²) in [6, 6.07) is 19.7. The molecule has 0 saturated heterocycles. The first-order valence-electron chi connectivity index (χ1n) is 10.4. The average molecular weight is 441 g/mol. The summed E-state index contributed by atoms with van der Waals surface area (Å²) in [7, 11) is 6.48. The number of aromatic amines is 1. The molecule has 5 aromatic rings. The molecule has 33 heavy (non-hydrogen) atoms. The average Bonchev–Trinajstić information content (AvgIpc) is 3.31. The zero-order chi connectivity index (χ0) is 22.9. The Morgan fingerprint density at radius 1 is 0.636 bits per heavy atom. The van der Waals surface area contributed by atoms with E-state index in [0.29, 0.717) is 28.6 Å². The second-order valence-electron chi connectivity index (χ2n) is 7.45. The van der Waals surface area contributed by atoms with Crippen LogP contribution in [-0.4, -0.2) is 43.6 Å². The molecule has 0 amide bonds. The van der Waals surface area contributed by atoms with Gasteiger partial charge in [-0.05, 0) is 30.3 Å². The molecule has 0 radical (unpaired) electrons. The zero-order valence-corrected chi connectivity index (χ0v) is 18.8. The number of fused-ring (bicyclic) bond motifs is 3. The SMILES string of the molecule is COc1ccc(-c2nc3n[nH]c(-c4ccccc4)c3c3cc(OC)c(OC)cc23)cc1OC. The highest BCUT2D eigenvalue weighted by Crippen LogP contribution is 2.43. The lowest BCUT2D eigenvalue weighted by Crippen LogP contribution is -1.95. The van der Waals surface area contributed by atoms with Crippen LogP contribution in [0.15, 0.2) is 60.7 Å². The monoisotopic (exact) mass is 441 g/mol. The Kier molecular flexibility index (Phi) is 5.22. The number of benzene rings is 3. The Bertz CT molecular complexity index is 1460. The van der Waals surface area contributed by atoms with Crippen molar-refractivity contribution >= 4 is 21.8 Å². The van der Waals surface area contributed by atoms with Gasteiger partial charge in [0.25, 0.3) is 0 Å². The van der Waals surface area contributed by atoms with Crippen molar-refractivity contribution in [2.24, 2.45) is 0 Å². The minimum Gasteiger partial charge on any atom is -0.493 e. The summed E-state index contributed by atoms with van der Waals surface area (Å²) >= 11 is 0. The Hall–Kier alpha value is -4.26. The van der Waals surface area contributed by atoms with Gasteiger partial charge in [-0.25, -0.2) is 4.98 Å². The fraction of sp³-hybridized carbons (Fsp3) is 0.154. The molecule has 0 saturated carbocycles. The van der Waals surface area contributed by atoms with E-state index < -0.39 is 0 Å². The van der Waals surface area contributed by atoms with E-state index in [1.807, 2.05) is 60.7 Å². The molecule has 3 aromatic carbocycles. The smallest absolute Gasteiger partial charge is 0.182 e. The topological polar surface area (TPSA) is 78.5 Å².